The second-order valence-corrected chi connectivity index (χ2v) is 3.69. The Balaban J connectivity index is 2.89. The Morgan fingerprint density at radius 2 is 1.89 bits per heavy atom. The van der Waals surface area contributed by atoms with E-state index < -0.39 is 0 Å². The van der Waals surface area contributed by atoms with Gasteiger partial charge >= 0.3 is 0 Å². The molecule has 1 amide bonds. The Kier molecular flexibility index (Phi) is 5.41. The van der Waals surface area contributed by atoms with Gasteiger partial charge in [0, 0.05) is 6.54 Å². The van der Waals surface area contributed by atoms with E-state index in [2.05, 4.69) is 10.2 Å². The molecule has 0 aromatic heterocycles. The molecule has 0 fully saturated rings. The smallest absolute Gasteiger partial charge is 0.258 e. The van der Waals surface area contributed by atoms with Gasteiger partial charge in [-0.05, 0) is 19.1 Å². The summed E-state index contributed by atoms with van der Waals surface area (Å²) >= 11 is 0. The molecule has 0 heterocycles. The number of nitrogens with two attached hydrogens (primary N) is 1. The summed E-state index contributed by atoms with van der Waals surface area (Å²) in [5, 5.41) is 2.70. The van der Waals surface area contributed by atoms with Gasteiger partial charge < -0.3 is 14.8 Å². The molecule has 18 heavy (non-hydrogen) atoms. The minimum atomic E-state index is -0.298. The molecular weight excluding hydrogens is 236 g/mol. The molecule has 0 aliphatic rings. The van der Waals surface area contributed by atoms with Crippen LogP contribution in [0.3, 0.4) is 0 Å². The highest BCUT2D eigenvalue weighted by molar-refractivity contribution is 5.99. The molecule has 1 aromatic rings. The van der Waals surface area contributed by atoms with Crippen molar-refractivity contribution in [1.82, 2.24) is 5.32 Å². The van der Waals surface area contributed by atoms with Crippen molar-refractivity contribution in [2.24, 2.45) is 5.90 Å². The number of benzene rings is 1. The van der Waals surface area contributed by atoms with Crippen LogP contribution in [-0.4, -0.2) is 32.8 Å². The first-order chi connectivity index (χ1) is 8.63. The number of carbonyl (C=O) groups is 1. The summed E-state index contributed by atoms with van der Waals surface area (Å²) in [4.78, 5) is 16.6. The zero-order valence-corrected chi connectivity index (χ0v) is 10.7. The highest BCUT2D eigenvalue weighted by Crippen LogP contribution is 2.27. The summed E-state index contributed by atoms with van der Waals surface area (Å²) < 4.78 is 10.3. The quantitative estimate of drug-likeness (QED) is 0.731. The lowest BCUT2D eigenvalue weighted by Crippen LogP contribution is -2.33. The molecule has 0 radical (unpaired) electrons. The number of methoxy groups -OCH3 is 2. The maximum Gasteiger partial charge on any atom is 0.258 e. The van der Waals surface area contributed by atoms with Crippen LogP contribution in [0.4, 0.5) is 0 Å². The predicted molar refractivity (Wildman–Crippen MR) is 66.6 cm³/mol. The first-order valence-corrected chi connectivity index (χ1v) is 5.48. The van der Waals surface area contributed by atoms with Gasteiger partial charge in [0.05, 0.1) is 20.3 Å². The molecule has 1 atom stereocenters. The number of hydrogen-bond acceptors (Lipinski definition) is 5. The second kappa shape index (κ2) is 6.83. The van der Waals surface area contributed by atoms with Crippen LogP contribution in [0.1, 0.15) is 17.3 Å². The molecule has 6 heteroatoms. The zero-order chi connectivity index (χ0) is 13.5. The van der Waals surface area contributed by atoms with Gasteiger partial charge in [-0.1, -0.05) is 6.07 Å². The maximum atomic E-state index is 12.1. The van der Waals surface area contributed by atoms with E-state index in [0.29, 0.717) is 23.6 Å². The number of carbonyl (C=O) groups excluding carboxylic acids is 1. The van der Waals surface area contributed by atoms with E-state index in [0.717, 1.165) is 0 Å². The van der Waals surface area contributed by atoms with Crippen molar-refractivity contribution in [2.75, 3.05) is 20.8 Å². The van der Waals surface area contributed by atoms with Gasteiger partial charge in [0.15, 0.2) is 0 Å². The van der Waals surface area contributed by atoms with E-state index in [1.54, 1.807) is 25.1 Å². The zero-order valence-electron chi connectivity index (χ0n) is 10.7. The van der Waals surface area contributed by atoms with Crippen LogP contribution in [-0.2, 0) is 4.84 Å². The van der Waals surface area contributed by atoms with E-state index in [1.807, 2.05) is 0 Å². The highest BCUT2D eigenvalue weighted by atomic mass is 16.6. The Hall–Kier alpha value is -1.79. The largest absolute Gasteiger partial charge is 0.496 e. The summed E-state index contributed by atoms with van der Waals surface area (Å²) in [5.41, 5.74) is 0.353. The van der Waals surface area contributed by atoms with Gasteiger partial charge in [0.2, 0.25) is 0 Å². The molecule has 100 valence electrons. The first-order valence-electron chi connectivity index (χ1n) is 5.48. The fourth-order valence-corrected chi connectivity index (χ4v) is 1.45. The molecule has 1 rings (SSSR count). The fourth-order valence-electron chi connectivity index (χ4n) is 1.45. The van der Waals surface area contributed by atoms with Crippen LogP contribution in [0.25, 0.3) is 0 Å². The van der Waals surface area contributed by atoms with Crippen molar-refractivity contribution in [3.8, 4) is 11.5 Å². The number of nitrogens with one attached hydrogen (secondary N) is 1. The van der Waals surface area contributed by atoms with Crippen molar-refractivity contribution < 1.29 is 19.1 Å². The van der Waals surface area contributed by atoms with Crippen LogP contribution in [0.5, 0.6) is 11.5 Å². The molecule has 1 unspecified atom stereocenters. The van der Waals surface area contributed by atoms with Crippen LogP contribution in [0, 0.1) is 0 Å². The molecular formula is C12H18N2O4. The number of amides is 1. The lowest BCUT2D eigenvalue weighted by molar-refractivity contribution is 0.0621. The Labute approximate surface area is 106 Å². The van der Waals surface area contributed by atoms with Crippen molar-refractivity contribution in [1.29, 1.82) is 0 Å². The Bertz CT molecular complexity index is 387. The number of hydrogen-bond donors (Lipinski definition) is 2. The summed E-state index contributed by atoms with van der Waals surface area (Å²) in [6.45, 7) is 2.05. The third-order valence-corrected chi connectivity index (χ3v) is 2.44. The normalized spacial score (nSPS) is 11.8. The van der Waals surface area contributed by atoms with Crippen molar-refractivity contribution >= 4 is 5.91 Å². The van der Waals surface area contributed by atoms with Crippen LogP contribution < -0.4 is 20.7 Å². The SMILES string of the molecule is COc1cccc(OC)c1C(=O)NCC(C)ON. The lowest BCUT2D eigenvalue weighted by Gasteiger charge is -2.14. The van der Waals surface area contributed by atoms with E-state index >= 15 is 0 Å². The first kappa shape index (κ1) is 14.3. The molecule has 0 saturated heterocycles. The molecule has 0 bridgehead atoms. The molecule has 6 nitrogen and oxygen atoms in total. The van der Waals surface area contributed by atoms with Gasteiger partial charge in [0.25, 0.3) is 5.91 Å². The number of rotatable bonds is 6. The summed E-state index contributed by atoms with van der Waals surface area (Å²) in [6.07, 6.45) is -0.269. The standard InChI is InChI=1S/C12H18N2O4/c1-8(18-13)7-14-12(15)11-9(16-2)5-4-6-10(11)17-3/h4-6,8H,7,13H2,1-3H3,(H,14,15). The van der Waals surface area contributed by atoms with Crippen LogP contribution >= 0.6 is 0 Å². The third-order valence-electron chi connectivity index (χ3n) is 2.44. The van der Waals surface area contributed by atoms with Gasteiger partial charge in [-0.25, -0.2) is 5.90 Å². The minimum absolute atomic E-state index is 0.269. The molecule has 1 aromatic carbocycles. The van der Waals surface area contributed by atoms with E-state index in [1.165, 1.54) is 14.2 Å². The van der Waals surface area contributed by atoms with Gasteiger partial charge in [-0.15, -0.1) is 0 Å². The van der Waals surface area contributed by atoms with Gasteiger partial charge in [-0.3, -0.25) is 9.63 Å². The Morgan fingerprint density at radius 3 is 2.33 bits per heavy atom. The molecule has 3 N–H and O–H groups in total. The maximum absolute atomic E-state index is 12.1. The minimum Gasteiger partial charge on any atom is -0.496 e. The van der Waals surface area contributed by atoms with Crippen LogP contribution in [0.2, 0.25) is 0 Å². The van der Waals surface area contributed by atoms with E-state index in [9.17, 15) is 4.79 Å². The number of ether oxygens (including phenoxy) is 2. The average molecular weight is 254 g/mol. The summed E-state index contributed by atoms with van der Waals surface area (Å²) in [7, 11) is 2.99. The summed E-state index contributed by atoms with van der Waals surface area (Å²) in [5.74, 6) is 5.61. The van der Waals surface area contributed by atoms with E-state index in [4.69, 9.17) is 15.4 Å². The molecule has 0 saturated carbocycles. The monoisotopic (exact) mass is 254 g/mol. The fraction of sp³-hybridized carbons (Fsp3) is 0.417. The molecule has 0 aliphatic heterocycles. The average Bonchev–Trinajstić information content (AvgIpc) is 2.43. The van der Waals surface area contributed by atoms with E-state index in [-0.39, 0.29) is 12.0 Å². The topological polar surface area (TPSA) is 82.8 Å². The van der Waals surface area contributed by atoms with Crippen molar-refractivity contribution in [3.05, 3.63) is 23.8 Å². The highest BCUT2D eigenvalue weighted by Gasteiger charge is 2.18. The lowest BCUT2D eigenvalue weighted by atomic mass is 10.1. The summed E-state index contributed by atoms with van der Waals surface area (Å²) in [6, 6.07) is 5.14. The van der Waals surface area contributed by atoms with Crippen molar-refractivity contribution in [3.63, 3.8) is 0 Å². The molecule has 0 spiro atoms. The van der Waals surface area contributed by atoms with Crippen LogP contribution in [0.15, 0.2) is 18.2 Å². The second-order valence-electron chi connectivity index (χ2n) is 3.69. The molecule has 0 aliphatic carbocycles. The predicted octanol–water partition coefficient (Wildman–Crippen LogP) is 0.712. The third kappa shape index (κ3) is 3.35. The van der Waals surface area contributed by atoms with Crippen molar-refractivity contribution in [2.45, 2.75) is 13.0 Å². The Morgan fingerprint density at radius 1 is 1.33 bits per heavy atom. The van der Waals surface area contributed by atoms with Gasteiger partial charge in [-0.2, -0.15) is 0 Å². The van der Waals surface area contributed by atoms with Gasteiger partial charge in [0.1, 0.15) is 17.1 Å².